The Labute approximate surface area is 86.3 Å². The highest BCUT2D eigenvalue weighted by Gasteiger charge is 2.19. The summed E-state index contributed by atoms with van der Waals surface area (Å²) in [6, 6.07) is 0. The molecule has 0 atom stereocenters. The number of carbonyl (C=O) groups is 1. The van der Waals surface area contributed by atoms with Gasteiger partial charge in [0.15, 0.2) is 0 Å². The summed E-state index contributed by atoms with van der Waals surface area (Å²) < 4.78 is 7.06. The minimum atomic E-state index is -0.179. The standard InChI is InChI=1S/C7H13IN2O2/c1-2-12-7(11)9-3-5-10(8)6-4-9/h2-6H2,1H3. The Morgan fingerprint density at radius 3 is 2.50 bits per heavy atom. The number of rotatable bonds is 1. The third kappa shape index (κ3) is 2.78. The lowest BCUT2D eigenvalue weighted by atomic mass is 10.4. The molecule has 0 saturated carbocycles. The van der Waals surface area contributed by atoms with E-state index in [0.29, 0.717) is 6.61 Å². The third-order valence-corrected chi connectivity index (χ3v) is 2.72. The fourth-order valence-electron chi connectivity index (χ4n) is 1.08. The molecule has 4 nitrogen and oxygen atoms in total. The van der Waals surface area contributed by atoms with Crippen molar-refractivity contribution in [3.05, 3.63) is 0 Å². The summed E-state index contributed by atoms with van der Waals surface area (Å²) >= 11 is 2.27. The lowest BCUT2D eigenvalue weighted by Crippen LogP contribution is -2.45. The van der Waals surface area contributed by atoms with Crippen LogP contribution in [0.4, 0.5) is 4.79 Å². The van der Waals surface area contributed by atoms with Gasteiger partial charge in [-0.3, -0.25) is 0 Å². The summed E-state index contributed by atoms with van der Waals surface area (Å²) in [5, 5.41) is 0. The molecule has 70 valence electrons. The van der Waals surface area contributed by atoms with Crippen molar-refractivity contribution in [2.45, 2.75) is 6.92 Å². The van der Waals surface area contributed by atoms with Gasteiger partial charge in [-0.15, -0.1) is 0 Å². The van der Waals surface area contributed by atoms with Gasteiger partial charge in [0, 0.05) is 49.0 Å². The molecule has 0 radical (unpaired) electrons. The van der Waals surface area contributed by atoms with Crippen molar-refractivity contribution >= 4 is 29.0 Å². The number of piperazine rings is 1. The summed E-state index contributed by atoms with van der Waals surface area (Å²) in [5.74, 6) is 0. The first kappa shape index (κ1) is 10.0. The highest BCUT2D eigenvalue weighted by atomic mass is 127. The average molecular weight is 284 g/mol. The lowest BCUT2D eigenvalue weighted by Gasteiger charge is -2.30. The Kier molecular flexibility index (Phi) is 4.07. The molecule has 1 aliphatic rings. The molecule has 1 amide bonds. The van der Waals surface area contributed by atoms with Crippen molar-refractivity contribution in [2.24, 2.45) is 0 Å². The molecule has 0 aromatic rings. The van der Waals surface area contributed by atoms with Gasteiger partial charge in [-0.25, -0.2) is 7.91 Å². The second kappa shape index (κ2) is 4.86. The molecular weight excluding hydrogens is 271 g/mol. The van der Waals surface area contributed by atoms with E-state index in [9.17, 15) is 4.79 Å². The minimum absolute atomic E-state index is 0.179. The smallest absolute Gasteiger partial charge is 0.409 e. The molecular formula is C7H13IN2O2. The number of nitrogens with zero attached hydrogens (tertiary/aromatic N) is 2. The maximum Gasteiger partial charge on any atom is 0.409 e. The zero-order valence-electron chi connectivity index (χ0n) is 7.12. The predicted molar refractivity (Wildman–Crippen MR) is 54.2 cm³/mol. The summed E-state index contributed by atoms with van der Waals surface area (Å²) in [6.45, 7) is 5.71. The summed E-state index contributed by atoms with van der Waals surface area (Å²) in [6.07, 6.45) is -0.179. The molecule has 1 saturated heterocycles. The number of hydrogen-bond acceptors (Lipinski definition) is 3. The first-order valence-electron chi connectivity index (χ1n) is 4.06. The van der Waals surface area contributed by atoms with Crippen molar-refractivity contribution in [3.8, 4) is 0 Å². The average Bonchev–Trinajstić information content (AvgIpc) is 2.06. The number of carbonyl (C=O) groups excluding carboxylic acids is 1. The van der Waals surface area contributed by atoms with Crippen LogP contribution < -0.4 is 0 Å². The molecule has 5 heteroatoms. The molecule has 0 spiro atoms. The summed E-state index contributed by atoms with van der Waals surface area (Å²) in [5.41, 5.74) is 0. The number of ether oxygens (including phenoxy) is 1. The van der Waals surface area contributed by atoms with E-state index in [2.05, 4.69) is 26.0 Å². The highest BCUT2D eigenvalue weighted by Crippen LogP contribution is 2.07. The van der Waals surface area contributed by atoms with E-state index < -0.39 is 0 Å². The Morgan fingerprint density at radius 2 is 2.00 bits per heavy atom. The molecule has 0 unspecified atom stereocenters. The number of amides is 1. The maximum absolute atomic E-state index is 11.2. The zero-order valence-corrected chi connectivity index (χ0v) is 9.28. The van der Waals surface area contributed by atoms with E-state index in [4.69, 9.17) is 4.74 Å². The molecule has 0 N–H and O–H groups in total. The van der Waals surface area contributed by atoms with Crippen molar-refractivity contribution in [1.29, 1.82) is 0 Å². The summed E-state index contributed by atoms with van der Waals surface area (Å²) in [7, 11) is 0. The topological polar surface area (TPSA) is 32.8 Å². The Hall–Kier alpha value is -0.0400. The SMILES string of the molecule is CCOC(=O)N1CCN(I)CC1. The van der Waals surface area contributed by atoms with Gasteiger partial charge in [0.2, 0.25) is 0 Å². The van der Waals surface area contributed by atoms with Crippen LogP contribution in [-0.4, -0.2) is 46.9 Å². The van der Waals surface area contributed by atoms with Crippen molar-refractivity contribution < 1.29 is 9.53 Å². The van der Waals surface area contributed by atoms with Gasteiger partial charge in [-0.05, 0) is 6.92 Å². The van der Waals surface area contributed by atoms with Crippen LogP contribution in [0.25, 0.3) is 0 Å². The Balaban J connectivity index is 2.29. The van der Waals surface area contributed by atoms with Gasteiger partial charge in [-0.2, -0.15) is 0 Å². The molecule has 0 aromatic carbocycles. The van der Waals surface area contributed by atoms with Crippen LogP contribution >= 0.6 is 22.9 Å². The van der Waals surface area contributed by atoms with Crippen LogP contribution in [-0.2, 0) is 4.74 Å². The van der Waals surface area contributed by atoms with Gasteiger partial charge < -0.3 is 9.64 Å². The van der Waals surface area contributed by atoms with E-state index in [-0.39, 0.29) is 6.09 Å². The van der Waals surface area contributed by atoms with E-state index in [0.717, 1.165) is 26.2 Å². The van der Waals surface area contributed by atoms with Crippen LogP contribution in [0, 0.1) is 0 Å². The fourth-order valence-corrected chi connectivity index (χ4v) is 1.51. The summed E-state index contributed by atoms with van der Waals surface area (Å²) in [4.78, 5) is 12.9. The number of hydrogen-bond donors (Lipinski definition) is 0. The molecule has 0 aliphatic carbocycles. The normalized spacial score (nSPS) is 19.3. The molecule has 0 bridgehead atoms. The van der Waals surface area contributed by atoms with Gasteiger partial charge in [-0.1, -0.05) is 0 Å². The zero-order chi connectivity index (χ0) is 8.97. The van der Waals surface area contributed by atoms with Gasteiger partial charge in [0.25, 0.3) is 0 Å². The fraction of sp³-hybridized carbons (Fsp3) is 0.857. The van der Waals surface area contributed by atoms with Crippen molar-refractivity contribution in [2.75, 3.05) is 32.8 Å². The first-order valence-corrected chi connectivity index (χ1v) is 5.03. The maximum atomic E-state index is 11.2. The third-order valence-electron chi connectivity index (χ3n) is 1.75. The van der Waals surface area contributed by atoms with Gasteiger partial charge in [0.05, 0.1) is 6.61 Å². The quantitative estimate of drug-likeness (QED) is 0.534. The van der Waals surface area contributed by atoms with Crippen LogP contribution in [0.3, 0.4) is 0 Å². The number of halogens is 1. The van der Waals surface area contributed by atoms with Crippen LogP contribution in [0.2, 0.25) is 0 Å². The monoisotopic (exact) mass is 284 g/mol. The highest BCUT2D eigenvalue weighted by molar-refractivity contribution is 14.1. The Morgan fingerprint density at radius 1 is 1.42 bits per heavy atom. The molecule has 1 rings (SSSR count). The largest absolute Gasteiger partial charge is 0.450 e. The van der Waals surface area contributed by atoms with Crippen LogP contribution in [0.5, 0.6) is 0 Å². The second-order valence-electron chi connectivity index (χ2n) is 2.60. The second-order valence-corrected chi connectivity index (χ2v) is 3.96. The van der Waals surface area contributed by atoms with Gasteiger partial charge >= 0.3 is 6.09 Å². The predicted octanol–water partition coefficient (Wildman–Crippen LogP) is 1.11. The van der Waals surface area contributed by atoms with E-state index in [1.807, 2.05) is 6.92 Å². The van der Waals surface area contributed by atoms with Crippen LogP contribution in [0.1, 0.15) is 6.92 Å². The molecule has 1 heterocycles. The molecule has 12 heavy (non-hydrogen) atoms. The van der Waals surface area contributed by atoms with Crippen LogP contribution in [0.15, 0.2) is 0 Å². The van der Waals surface area contributed by atoms with E-state index in [1.54, 1.807) is 4.90 Å². The molecule has 0 aromatic heterocycles. The van der Waals surface area contributed by atoms with E-state index in [1.165, 1.54) is 0 Å². The van der Waals surface area contributed by atoms with E-state index >= 15 is 0 Å². The molecule has 1 aliphatic heterocycles. The van der Waals surface area contributed by atoms with Crippen molar-refractivity contribution in [3.63, 3.8) is 0 Å². The van der Waals surface area contributed by atoms with Gasteiger partial charge in [0.1, 0.15) is 0 Å². The minimum Gasteiger partial charge on any atom is -0.450 e. The molecule has 1 fully saturated rings. The lowest BCUT2D eigenvalue weighted by molar-refractivity contribution is 0.0965. The van der Waals surface area contributed by atoms with Crippen molar-refractivity contribution in [1.82, 2.24) is 8.01 Å². The first-order chi connectivity index (χ1) is 5.74. The Bertz CT molecular complexity index is 157.